The van der Waals surface area contributed by atoms with Crippen molar-refractivity contribution in [2.75, 3.05) is 0 Å². The van der Waals surface area contributed by atoms with E-state index >= 15 is 0 Å². The molecule has 0 aromatic heterocycles. The van der Waals surface area contributed by atoms with Gasteiger partial charge in [-0.2, -0.15) is 0 Å². The highest BCUT2D eigenvalue weighted by atomic mass is 16.3. The molecule has 4 aliphatic rings. The van der Waals surface area contributed by atoms with Crippen molar-refractivity contribution >= 4 is 0 Å². The van der Waals surface area contributed by atoms with Crippen LogP contribution in [0.25, 0.3) is 0 Å². The second kappa shape index (κ2) is 4.01. The molecule has 1 heteroatoms. The van der Waals surface area contributed by atoms with Crippen LogP contribution in [0.15, 0.2) is 18.2 Å². The van der Waals surface area contributed by atoms with Gasteiger partial charge in [-0.1, -0.05) is 18.2 Å². The minimum absolute atomic E-state index is 0.528. The molecule has 0 spiro atoms. The van der Waals surface area contributed by atoms with Crippen LogP contribution in [0.5, 0.6) is 5.75 Å². The van der Waals surface area contributed by atoms with E-state index in [1.54, 1.807) is 0 Å². The molecule has 4 saturated carbocycles. The minimum Gasteiger partial charge on any atom is -0.507 e. The Bertz CT molecular complexity index is 467. The zero-order valence-electron chi connectivity index (χ0n) is 11.9. The summed E-state index contributed by atoms with van der Waals surface area (Å²) in [6.45, 7) is 2.01. The first-order valence-electron chi connectivity index (χ1n) is 7.91. The molecule has 0 heterocycles. The Balaban J connectivity index is 1.64. The van der Waals surface area contributed by atoms with Crippen molar-refractivity contribution in [3.63, 3.8) is 0 Å². The number of para-hydroxylation sites is 1. The first-order chi connectivity index (χ1) is 9.13. The maximum atomic E-state index is 10.3. The third-order valence-corrected chi connectivity index (χ3v) is 6.05. The van der Waals surface area contributed by atoms with Crippen molar-refractivity contribution in [2.45, 2.75) is 51.9 Å². The average Bonchev–Trinajstić information content (AvgIpc) is 2.33. The summed E-state index contributed by atoms with van der Waals surface area (Å²) in [5.41, 5.74) is 2.75. The van der Waals surface area contributed by atoms with E-state index in [4.69, 9.17) is 0 Å². The summed E-state index contributed by atoms with van der Waals surface area (Å²) in [5, 5.41) is 10.3. The van der Waals surface area contributed by atoms with Gasteiger partial charge in [0.15, 0.2) is 0 Å². The summed E-state index contributed by atoms with van der Waals surface area (Å²) in [6, 6.07) is 6.25. The summed E-state index contributed by atoms with van der Waals surface area (Å²) in [7, 11) is 0. The van der Waals surface area contributed by atoms with Gasteiger partial charge in [0.25, 0.3) is 0 Å². The number of hydrogen-bond donors (Lipinski definition) is 1. The lowest BCUT2D eigenvalue weighted by Crippen LogP contribution is -2.47. The number of benzene rings is 1. The van der Waals surface area contributed by atoms with Crippen molar-refractivity contribution in [2.24, 2.45) is 23.2 Å². The molecule has 0 atom stereocenters. The van der Waals surface area contributed by atoms with E-state index in [0.717, 1.165) is 29.7 Å². The summed E-state index contributed by atoms with van der Waals surface area (Å²) >= 11 is 0. The summed E-state index contributed by atoms with van der Waals surface area (Å²) in [5.74, 6) is 3.55. The molecule has 0 radical (unpaired) electrons. The maximum absolute atomic E-state index is 10.3. The molecule has 5 rings (SSSR count). The van der Waals surface area contributed by atoms with E-state index in [-0.39, 0.29) is 0 Å². The topological polar surface area (TPSA) is 20.2 Å². The lowest BCUT2D eigenvalue weighted by atomic mass is 9.48. The number of hydrogen-bond acceptors (Lipinski definition) is 1. The Morgan fingerprint density at radius 2 is 1.63 bits per heavy atom. The van der Waals surface area contributed by atoms with E-state index in [9.17, 15) is 5.11 Å². The van der Waals surface area contributed by atoms with Crippen molar-refractivity contribution < 1.29 is 5.11 Å². The maximum Gasteiger partial charge on any atom is 0.121 e. The van der Waals surface area contributed by atoms with Gasteiger partial charge in [0.2, 0.25) is 0 Å². The molecule has 4 aliphatic carbocycles. The fraction of sp³-hybridized carbons (Fsp3) is 0.667. The minimum atomic E-state index is 0.528. The van der Waals surface area contributed by atoms with E-state index in [0.29, 0.717) is 11.2 Å². The predicted molar refractivity (Wildman–Crippen MR) is 77.2 cm³/mol. The molecule has 1 aromatic rings. The van der Waals surface area contributed by atoms with E-state index in [2.05, 4.69) is 12.1 Å². The molecular weight excluding hydrogens is 232 g/mol. The Morgan fingerprint density at radius 3 is 2.21 bits per heavy atom. The van der Waals surface area contributed by atoms with E-state index in [1.807, 2.05) is 13.0 Å². The molecule has 0 saturated heterocycles. The molecule has 0 amide bonds. The van der Waals surface area contributed by atoms with Crippen LogP contribution < -0.4 is 0 Å². The van der Waals surface area contributed by atoms with Crippen LogP contribution in [-0.4, -0.2) is 5.11 Å². The van der Waals surface area contributed by atoms with Gasteiger partial charge in [-0.25, -0.2) is 0 Å². The smallest absolute Gasteiger partial charge is 0.121 e. The molecular formula is C18H24O. The molecule has 0 aliphatic heterocycles. The zero-order valence-corrected chi connectivity index (χ0v) is 11.9. The largest absolute Gasteiger partial charge is 0.507 e. The Labute approximate surface area is 116 Å². The second-order valence-electron chi connectivity index (χ2n) is 7.68. The fourth-order valence-corrected chi connectivity index (χ4v) is 5.77. The van der Waals surface area contributed by atoms with Crippen LogP contribution in [0.2, 0.25) is 0 Å². The quantitative estimate of drug-likeness (QED) is 0.828. The van der Waals surface area contributed by atoms with Crippen LogP contribution in [0.3, 0.4) is 0 Å². The predicted octanol–water partition coefficient (Wildman–Crippen LogP) is 4.46. The summed E-state index contributed by atoms with van der Waals surface area (Å²) in [6.07, 6.45) is 9.88. The standard InChI is InChI=1S/C18H24O/c1-12-3-2-4-16(17(12)19)11-18-8-13-5-14(9-18)7-15(6-13)10-18/h2-4,13-15,19H,5-11H2,1H3. The third kappa shape index (κ3) is 1.89. The van der Waals surface area contributed by atoms with E-state index in [1.165, 1.54) is 44.1 Å². The van der Waals surface area contributed by atoms with Crippen molar-refractivity contribution in [1.29, 1.82) is 0 Å². The van der Waals surface area contributed by atoms with Crippen LogP contribution in [0, 0.1) is 30.1 Å². The Hall–Kier alpha value is -0.980. The van der Waals surface area contributed by atoms with Crippen LogP contribution in [0.4, 0.5) is 0 Å². The monoisotopic (exact) mass is 256 g/mol. The highest BCUT2D eigenvalue weighted by molar-refractivity contribution is 5.40. The normalized spacial score (nSPS) is 39.7. The van der Waals surface area contributed by atoms with Gasteiger partial charge in [0.05, 0.1) is 0 Å². The van der Waals surface area contributed by atoms with Gasteiger partial charge < -0.3 is 5.11 Å². The first-order valence-corrected chi connectivity index (χ1v) is 7.91. The highest BCUT2D eigenvalue weighted by Gasteiger charge is 2.50. The number of rotatable bonds is 2. The molecule has 0 unspecified atom stereocenters. The Morgan fingerprint density at radius 1 is 1.05 bits per heavy atom. The van der Waals surface area contributed by atoms with Gasteiger partial charge in [-0.05, 0) is 86.2 Å². The molecule has 1 nitrogen and oxygen atoms in total. The van der Waals surface area contributed by atoms with Gasteiger partial charge in [0, 0.05) is 0 Å². The lowest BCUT2D eigenvalue weighted by Gasteiger charge is -2.57. The molecule has 4 bridgehead atoms. The third-order valence-electron chi connectivity index (χ3n) is 6.05. The van der Waals surface area contributed by atoms with Crippen LogP contribution >= 0.6 is 0 Å². The van der Waals surface area contributed by atoms with Gasteiger partial charge in [-0.3, -0.25) is 0 Å². The molecule has 19 heavy (non-hydrogen) atoms. The molecule has 1 N–H and O–H groups in total. The highest BCUT2D eigenvalue weighted by Crippen LogP contribution is 2.61. The number of aromatic hydroxyl groups is 1. The van der Waals surface area contributed by atoms with Gasteiger partial charge >= 0.3 is 0 Å². The second-order valence-corrected chi connectivity index (χ2v) is 7.68. The van der Waals surface area contributed by atoms with Gasteiger partial charge in [0.1, 0.15) is 5.75 Å². The summed E-state index contributed by atoms with van der Waals surface area (Å²) in [4.78, 5) is 0. The van der Waals surface area contributed by atoms with Gasteiger partial charge in [-0.15, -0.1) is 0 Å². The molecule has 1 aromatic carbocycles. The zero-order chi connectivity index (χ0) is 13.0. The average molecular weight is 256 g/mol. The van der Waals surface area contributed by atoms with Crippen LogP contribution in [-0.2, 0) is 6.42 Å². The van der Waals surface area contributed by atoms with Crippen LogP contribution in [0.1, 0.15) is 49.7 Å². The SMILES string of the molecule is Cc1cccc(CC23CC4CC(CC(C4)C2)C3)c1O. The van der Waals surface area contributed by atoms with E-state index < -0.39 is 0 Å². The first kappa shape index (κ1) is 11.8. The molecule has 4 fully saturated rings. The number of aryl methyl sites for hydroxylation is 1. The fourth-order valence-electron chi connectivity index (χ4n) is 5.77. The lowest BCUT2D eigenvalue weighted by molar-refractivity contribution is -0.0524. The van der Waals surface area contributed by atoms with Crippen molar-refractivity contribution in [3.8, 4) is 5.75 Å². The summed E-state index contributed by atoms with van der Waals surface area (Å²) < 4.78 is 0. The number of phenolic OH excluding ortho intramolecular Hbond substituents is 1. The number of phenols is 1. The Kier molecular flexibility index (Phi) is 2.49. The molecule has 102 valence electrons. The van der Waals surface area contributed by atoms with Crippen molar-refractivity contribution in [1.82, 2.24) is 0 Å². The van der Waals surface area contributed by atoms with Crippen molar-refractivity contribution in [3.05, 3.63) is 29.3 Å².